The molecule has 1 atom stereocenters. The van der Waals surface area contributed by atoms with Crippen LogP contribution in [-0.4, -0.2) is 25.8 Å². The highest BCUT2D eigenvalue weighted by atomic mass is 16.5. The molecule has 0 aliphatic carbocycles. The van der Waals surface area contributed by atoms with E-state index in [1.807, 2.05) is 27.0 Å². The largest absolute Gasteiger partial charge is 0.496 e. The molecule has 3 heteroatoms. The zero-order valence-electron chi connectivity index (χ0n) is 10.7. The van der Waals surface area contributed by atoms with Crippen molar-refractivity contribution in [3.8, 4) is 5.75 Å². The molecule has 1 rings (SSSR count). The quantitative estimate of drug-likeness (QED) is 0.817. The summed E-state index contributed by atoms with van der Waals surface area (Å²) in [6.45, 7) is 6.29. The van der Waals surface area contributed by atoms with E-state index in [1.165, 1.54) is 0 Å². The van der Waals surface area contributed by atoms with Crippen molar-refractivity contribution in [1.82, 2.24) is 5.32 Å². The van der Waals surface area contributed by atoms with Crippen molar-refractivity contribution in [2.24, 2.45) is 0 Å². The van der Waals surface area contributed by atoms with Crippen molar-refractivity contribution in [3.05, 3.63) is 28.8 Å². The monoisotopic (exact) mass is 223 g/mol. The van der Waals surface area contributed by atoms with Gasteiger partial charge in [-0.25, -0.2) is 0 Å². The zero-order chi connectivity index (χ0) is 12.3. The number of hydrogen-bond donors (Lipinski definition) is 2. The Morgan fingerprint density at radius 1 is 1.38 bits per heavy atom. The molecule has 0 fully saturated rings. The number of aryl methyl sites for hydroxylation is 2. The second kappa shape index (κ2) is 4.85. The number of benzene rings is 1. The van der Waals surface area contributed by atoms with Gasteiger partial charge in [-0.3, -0.25) is 0 Å². The van der Waals surface area contributed by atoms with E-state index in [9.17, 15) is 5.11 Å². The average molecular weight is 223 g/mol. The fourth-order valence-electron chi connectivity index (χ4n) is 2.06. The van der Waals surface area contributed by atoms with Gasteiger partial charge in [-0.2, -0.15) is 0 Å². The van der Waals surface area contributed by atoms with E-state index in [1.54, 1.807) is 14.0 Å². The Balaban J connectivity index is 3.30. The van der Waals surface area contributed by atoms with E-state index in [2.05, 4.69) is 11.4 Å². The van der Waals surface area contributed by atoms with Crippen LogP contribution in [0.4, 0.5) is 0 Å². The van der Waals surface area contributed by atoms with Crippen LogP contribution in [0.2, 0.25) is 0 Å². The first-order valence-electron chi connectivity index (χ1n) is 5.45. The number of likely N-dealkylation sites (N-methyl/N-ethyl adjacent to an activating group) is 1. The van der Waals surface area contributed by atoms with Crippen LogP contribution in [0.25, 0.3) is 0 Å². The van der Waals surface area contributed by atoms with Crippen molar-refractivity contribution >= 4 is 0 Å². The Morgan fingerprint density at radius 3 is 2.50 bits per heavy atom. The summed E-state index contributed by atoms with van der Waals surface area (Å²) in [5.74, 6) is 0.769. The number of nitrogens with one attached hydrogen (secondary N) is 1. The van der Waals surface area contributed by atoms with Gasteiger partial charge in [0.25, 0.3) is 0 Å². The summed E-state index contributed by atoms with van der Waals surface area (Å²) in [6.07, 6.45) is 0. The van der Waals surface area contributed by atoms with Crippen molar-refractivity contribution < 1.29 is 9.84 Å². The van der Waals surface area contributed by atoms with E-state index in [0.717, 1.165) is 22.4 Å². The molecule has 0 amide bonds. The molecule has 0 heterocycles. The van der Waals surface area contributed by atoms with Crippen molar-refractivity contribution in [1.29, 1.82) is 0 Å². The van der Waals surface area contributed by atoms with Gasteiger partial charge in [-0.1, -0.05) is 11.6 Å². The fourth-order valence-corrected chi connectivity index (χ4v) is 2.06. The zero-order valence-corrected chi connectivity index (χ0v) is 10.7. The molecule has 90 valence electrons. The second-order valence-corrected chi connectivity index (χ2v) is 4.47. The van der Waals surface area contributed by atoms with E-state index in [4.69, 9.17) is 4.74 Å². The molecule has 0 radical (unpaired) electrons. The SMILES string of the molecule is CNCC(C)(O)c1cc(C)cc(C)c1OC. The molecule has 0 saturated heterocycles. The minimum atomic E-state index is -0.920. The Labute approximate surface area is 97.4 Å². The average Bonchev–Trinajstić information content (AvgIpc) is 2.16. The van der Waals surface area contributed by atoms with Crippen LogP contribution >= 0.6 is 0 Å². The molecule has 1 unspecified atom stereocenters. The van der Waals surface area contributed by atoms with Gasteiger partial charge in [0.15, 0.2) is 0 Å². The maximum atomic E-state index is 10.4. The Kier molecular flexibility index (Phi) is 3.94. The maximum Gasteiger partial charge on any atom is 0.127 e. The first-order valence-corrected chi connectivity index (χ1v) is 5.45. The molecule has 1 aromatic rings. The van der Waals surface area contributed by atoms with Gasteiger partial charge in [0.05, 0.1) is 7.11 Å². The third-order valence-corrected chi connectivity index (χ3v) is 2.72. The van der Waals surface area contributed by atoms with Crippen LogP contribution < -0.4 is 10.1 Å². The van der Waals surface area contributed by atoms with Gasteiger partial charge in [0.2, 0.25) is 0 Å². The van der Waals surface area contributed by atoms with E-state index >= 15 is 0 Å². The molecular weight excluding hydrogens is 202 g/mol. The van der Waals surface area contributed by atoms with Crippen molar-refractivity contribution in [2.45, 2.75) is 26.4 Å². The third kappa shape index (κ3) is 2.54. The summed E-state index contributed by atoms with van der Waals surface area (Å²) >= 11 is 0. The number of ether oxygens (including phenoxy) is 1. The number of hydrogen-bond acceptors (Lipinski definition) is 3. The van der Waals surface area contributed by atoms with Gasteiger partial charge < -0.3 is 15.2 Å². The van der Waals surface area contributed by atoms with Crippen molar-refractivity contribution in [2.75, 3.05) is 20.7 Å². The van der Waals surface area contributed by atoms with Gasteiger partial charge in [-0.05, 0) is 39.4 Å². The first kappa shape index (κ1) is 13.0. The molecule has 3 nitrogen and oxygen atoms in total. The standard InChI is InChI=1S/C13H21NO2/c1-9-6-10(2)12(16-5)11(7-9)13(3,15)8-14-4/h6-7,14-15H,8H2,1-5H3. The highest BCUT2D eigenvalue weighted by Crippen LogP contribution is 2.33. The Bertz CT molecular complexity index is 372. The topological polar surface area (TPSA) is 41.5 Å². The molecule has 1 aromatic carbocycles. The summed E-state index contributed by atoms with van der Waals surface area (Å²) < 4.78 is 5.38. The molecule has 2 N–H and O–H groups in total. The van der Waals surface area contributed by atoms with Gasteiger partial charge in [0.1, 0.15) is 11.4 Å². The third-order valence-electron chi connectivity index (χ3n) is 2.72. The molecule has 0 bridgehead atoms. The molecule has 0 saturated carbocycles. The van der Waals surface area contributed by atoms with Gasteiger partial charge >= 0.3 is 0 Å². The highest BCUT2D eigenvalue weighted by molar-refractivity contribution is 5.46. The maximum absolute atomic E-state index is 10.4. The summed E-state index contributed by atoms with van der Waals surface area (Å²) in [6, 6.07) is 4.03. The fraction of sp³-hybridized carbons (Fsp3) is 0.538. The summed E-state index contributed by atoms with van der Waals surface area (Å²) in [5.41, 5.74) is 2.09. The van der Waals surface area contributed by atoms with Crippen LogP contribution in [0.5, 0.6) is 5.75 Å². The molecule has 0 aliphatic heterocycles. The smallest absolute Gasteiger partial charge is 0.127 e. The molecule has 0 aromatic heterocycles. The summed E-state index contributed by atoms with van der Waals surface area (Å²) in [7, 11) is 3.46. The van der Waals surface area contributed by atoms with E-state index < -0.39 is 5.60 Å². The first-order chi connectivity index (χ1) is 7.42. The van der Waals surface area contributed by atoms with Gasteiger partial charge in [0, 0.05) is 12.1 Å². The minimum Gasteiger partial charge on any atom is -0.496 e. The lowest BCUT2D eigenvalue weighted by molar-refractivity contribution is 0.0563. The van der Waals surface area contributed by atoms with Crippen LogP contribution in [0, 0.1) is 13.8 Å². The number of aliphatic hydroxyl groups is 1. The van der Waals surface area contributed by atoms with Crippen LogP contribution in [0.1, 0.15) is 23.6 Å². The number of rotatable bonds is 4. The summed E-state index contributed by atoms with van der Waals surface area (Å²) in [5, 5.41) is 13.4. The lowest BCUT2D eigenvalue weighted by Gasteiger charge is -2.27. The predicted octanol–water partition coefficient (Wildman–Crippen LogP) is 1.74. The molecular formula is C13H21NO2. The van der Waals surface area contributed by atoms with Gasteiger partial charge in [-0.15, -0.1) is 0 Å². The second-order valence-electron chi connectivity index (χ2n) is 4.47. The van der Waals surface area contributed by atoms with Crippen molar-refractivity contribution in [3.63, 3.8) is 0 Å². The predicted molar refractivity (Wildman–Crippen MR) is 66.0 cm³/mol. The Morgan fingerprint density at radius 2 is 2.00 bits per heavy atom. The molecule has 0 aliphatic rings. The van der Waals surface area contributed by atoms with E-state index in [0.29, 0.717) is 6.54 Å². The highest BCUT2D eigenvalue weighted by Gasteiger charge is 2.27. The summed E-state index contributed by atoms with van der Waals surface area (Å²) in [4.78, 5) is 0. The van der Waals surface area contributed by atoms with Crippen LogP contribution in [0.3, 0.4) is 0 Å². The molecule has 16 heavy (non-hydrogen) atoms. The Hall–Kier alpha value is -1.06. The minimum absolute atomic E-state index is 0.492. The lowest BCUT2D eigenvalue weighted by atomic mass is 9.91. The van der Waals surface area contributed by atoms with Crippen LogP contribution in [0.15, 0.2) is 12.1 Å². The lowest BCUT2D eigenvalue weighted by Crippen LogP contribution is -2.34. The molecule has 0 spiro atoms. The van der Waals surface area contributed by atoms with E-state index in [-0.39, 0.29) is 0 Å². The number of methoxy groups -OCH3 is 1. The van der Waals surface area contributed by atoms with Crippen LogP contribution in [-0.2, 0) is 5.60 Å². The normalized spacial score (nSPS) is 14.6.